The van der Waals surface area contributed by atoms with Crippen molar-refractivity contribution < 1.29 is 27.5 Å². The Hall–Kier alpha value is -2.00. The number of carbonyl (C=O) groups is 2. The van der Waals surface area contributed by atoms with Gasteiger partial charge in [-0.25, -0.2) is 17.6 Å². The molecule has 2 atom stereocenters. The summed E-state index contributed by atoms with van der Waals surface area (Å²) in [6, 6.07) is 1.96. The van der Waals surface area contributed by atoms with Crippen LogP contribution in [0.2, 0.25) is 0 Å². The van der Waals surface area contributed by atoms with E-state index in [0.717, 1.165) is 24.3 Å². The van der Waals surface area contributed by atoms with E-state index in [4.69, 9.17) is 5.11 Å². The second kappa shape index (κ2) is 8.74. The number of carbonyl (C=O) groups excluding carboxylic acids is 1. The van der Waals surface area contributed by atoms with Gasteiger partial charge in [0.2, 0.25) is 15.9 Å². The number of nitrogens with one attached hydrogen (secondary N) is 2. The Balaban J connectivity index is 2.87. The van der Waals surface area contributed by atoms with Crippen molar-refractivity contribution in [1.29, 1.82) is 0 Å². The summed E-state index contributed by atoms with van der Waals surface area (Å²) in [6.07, 6.45) is 0.919. The lowest BCUT2D eigenvalue weighted by atomic mass is 10.1. The third kappa shape index (κ3) is 5.57. The summed E-state index contributed by atoms with van der Waals surface area (Å²) in [5.41, 5.74) is 0. The molecule has 0 aliphatic carbocycles. The van der Waals surface area contributed by atoms with E-state index in [-0.39, 0.29) is 17.7 Å². The molecule has 0 aliphatic rings. The molecule has 1 rings (SSSR count). The van der Waals surface area contributed by atoms with Crippen molar-refractivity contribution in [2.75, 3.05) is 0 Å². The van der Waals surface area contributed by atoms with Gasteiger partial charge in [-0.05, 0) is 37.1 Å². The van der Waals surface area contributed by atoms with Gasteiger partial charge < -0.3 is 10.4 Å². The van der Waals surface area contributed by atoms with E-state index in [1.54, 1.807) is 13.8 Å². The maximum absolute atomic E-state index is 12.9. The highest BCUT2D eigenvalue weighted by molar-refractivity contribution is 7.89. The summed E-state index contributed by atoms with van der Waals surface area (Å²) in [6.45, 7) is 3.36. The van der Waals surface area contributed by atoms with Crippen molar-refractivity contribution in [2.24, 2.45) is 0 Å². The summed E-state index contributed by atoms with van der Waals surface area (Å²) in [5.74, 6) is -2.48. The second-order valence-corrected chi connectivity index (χ2v) is 6.94. The highest BCUT2D eigenvalue weighted by atomic mass is 32.2. The molecule has 24 heavy (non-hydrogen) atoms. The molecular formula is C15H21FN2O5S. The first kappa shape index (κ1) is 20.0. The Kier molecular flexibility index (Phi) is 7.30. The molecule has 0 bridgehead atoms. The number of rotatable bonds is 9. The molecule has 0 saturated heterocycles. The van der Waals surface area contributed by atoms with Gasteiger partial charge >= 0.3 is 5.97 Å². The smallest absolute Gasteiger partial charge is 0.326 e. The zero-order valence-corrected chi connectivity index (χ0v) is 14.3. The fourth-order valence-electron chi connectivity index (χ4n) is 2.01. The zero-order valence-electron chi connectivity index (χ0n) is 13.5. The standard InChI is InChI=1S/C15H21FN2O5S/c1-3-5-13(15(20)21)17-14(19)12(4-2)18-24(22,23)11-8-6-10(16)7-9-11/h6-9,12-13,18H,3-5H2,1-2H3,(H,17,19)(H,20,21). The summed E-state index contributed by atoms with van der Waals surface area (Å²) < 4.78 is 39.6. The largest absolute Gasteiger partial charge is 0.480 e. The maximum atomic E-state index is 12.9. The minimum Gasteiger partial charge on any atom is -0.480 e. The van der Waals surface area contributed by atoms with Crippen molar-refractivity contribution in [2.45, 2.75) is 50.1 Å². The molecule has 0 fully saturated rings. The molecule has 1 aromatic rings. The van der Waals surface area contributed by atoms with Crippen molar-refractivity contribution in [3.8, 4) is 0 Å². The van der Waals surface area contributed by atoms with Crippen LogP contribution in [0.5, 0.6) is 0 Å². The molecule has 1 aromatic carbocycles. The third-order valence-corrected chi connectivity index (χ3v) is 4.83. The summed E-state index contributed by atoms with van der Waals surface area (Å²) in [5, 5.41) is 11.4. The first-order valence-electron chi connectivity index (χ1n) is 7.52. The van der Waals surface area contributed by atoms with Crippen LogP contribution >= 0.6 is 0 Å². The van der Waals surface area contributed by atoms with Crippen molar-refractivity contribution >= 4 is 21.9 Å². The molecule has 9 heteroatoms. The Labute approximate surface area is 140 Å². The highest BCUT2D eigenvalue weighted by Gasteiger charge is 2.27. The molecule has 134 valence electrons. The zero-order chi connectivity index (χ0) is 18.3. The number of hydrogen-bond acceptors (Lipinski definition) is 4. The quantitative estimate of drug-likeness (QED) is 0.613. The van der Waals surface area contributed by atoms with Crippen molar-refractivity contribution in [3.05, 3.63) is 30.1 Å². The van der Waals surface area contributed by atoms with E-state index in [9.17, 15) is 22.4 Å². The predicted molar refractivity (Wildman–Crippen MR) is 85.3 cm³/mol. The van der Waals surface area contributed by atoms with Crippen molar-refractivity contribution in [1.82, 2.24) is 10.0 Å². The Morgan fingerprint density at radius 2 is 1.75 bits per heavy atom. The van der Waals surface area contributed by atoms with Crippen LogP contribution in [0.3, 0.4) is 0 Å². The number of benzene rings is 1. The van der Waals surface area contributed by atoms with Crippen LogP contribution in [0.15, 0.2) is 29.2 Å². The van der Waals surface area contributed by atoms with Crippen LogP contribution in [0.1, 0.15) is 33.1 Å². The normalized spacial score (nSPS) is 14.0. The Morgan fingerprint density at radius 3 is 2.21 bits per heavy atom. The topological polar surface area (TPSA) is 113 Å². The minimum absolute atomic E-state index is 0.130. The van der Waals surface area contributed by atoms with Crippen LogP contribution in [0.4, 0.5) is 4.39 Å². The van der Waals surface area contributed by atoms with Crippen LogP contribution < -0.4 is 10.0 Å². The number of sulfonamides is 1. The van der Waals surface area contributed by atoms with Gasteiger partial charge in [-0.1, -0.05) is 20.3 Å². The lowest BCUT2D eigenvalue weighted by molar-refractivity contribution is -0.142. The van der Waals surface area contributed by atoms with Crippen LogP contribution in [-0.4, -0.2) is 37.5 Å². The van der Waals surface area contributed by atoms with Crippen LogP contribution in [0, 0.1) is 5.82 Å². The monoisotopic (exact) mass is 360 g/mol. The van der Waals surface area contributed by atoms with E-state index in [0.29, 0.717) is 6.42 Å². The van der Waals surface area contributed by atoms with Gasteiger partial charge in [0.05, 0.1) is 4.90 Å². The van der Waals surface area contributed by atoms with Gasteiger partial charge in [0.25, 0.3) is 0 Å². The lowest BCUT2D eigenvalue weighted by Crippen LogP contribution is -2.51. The average molecular weight is 360 g/mol. The number of aliphatic carboxylic acids is 1. The van der Waals surface area contributed by atoms with E-state index >= 15 is 0 Å². The predicted octanol–water partition coefficient (Wildman–Crippen LogP) is 1.25. The first-order chi connectivity index (χ1) is 11.2. The number of hydrogen-bond donors (Lipinski definition) is 3. The molecule has 7 nitrogen and oxygen atoms in total. The third-order valence-electron chi connectivity index (χ3n) is 3.34. The molecule has 0 heterocycles. The van der Waals surface area contributed by atoms with Gasteiger partial charge in [0.15, 0.2) is 0 Å². The lowest BCUT2D eigenvalue weighted by Gasteiger charge is -2.20. The number of carboxylic acids is 1. The number of halogens is 1. The molecule has 0 aromatic heterocycles. The average Bonchev–Trinajstić information content (AvgIpc) is 2.52. The maximum Gasteiger partial charge on any atom is 0.326 e. The fourth-order valence-corrected chi connectivity index (χ4v) is 3.29. The molecular weight excluding hydrogens is 339 g/mol. The minimum atomic E-state index is -4.03. The van der Waals surface area contributed by atoms with E-state index in [1.165, 1.54) is 0 Å². The van der Waals surface area contributed by atoms with E-state index < -0.39 is 39.8 Å². The molecule has 0 spiro atoms. The molecule has 0 aliphatic heterocycles. The molecule has 1 amide bonds. The summed E-state index contributed by atoms with van der Waals surface area (Å²) in [4.78, 5) is 23.1. The molecule has 3 N–H and O–H groups in total. The molecule has 0 saturated carbocycles. The van der Waals surface area contributed by atoms with E-state index in [1.807, 2.05) is 0 Å². The van der Waals surface area contributed by atoms with Gasteiger partial charge in [-0.3, -0.25) is 4.79 Å². The molecule has 2 unspecified atom stereocenters. The van der Waals surface area contributed by atoms with Crippen LogP contribution in [0.25, 0.3) is 0 Å². The Morgan fingerprint density at radius 1 is 1.17 bits per heavy atom. The SMILES string of the molecule is CCCC(NC(=O)C(CC)NS(=O)(=O)c1ccc(F)cc1)C(=O)O. The fraction of sp³-hybridized carbons (Fsp3) is 0.467. The summed E-state index contributed by atoms with van der Waals surface area (Å²) in [7, 11) is -4.03. The summed E-state index contributed by atoms with van der Waals surface area (Å²) >= 11 is 0. The van der Waals surface area contributed by atoms with Gasteiger partial charge in [0, 0.05) is 0 Å². The van der Waals surface area contributed by atoms with Gasteiger partial charge in [-0.15, -0.1) is 0 Å². The first-order valence-corrected chi connectivity index (χ1v) is 9.00. The second-order valence-electron chi connectivity index (χ2n) is 5.22. The van der Waals surface area contributed by atoms with Gasteiger partial charge in [-0.2, -0.15) is 4.72 Å². The molecule has 0 radical (unpaired) electrons. The van der Waals surface area contributed by atoms with E-state index in [2.05, 4.69) is 10.0 Å². The highest BCUT2D eigenvalue weighted by Crippen LogP contribution is 2.11. The number of carboxylic acid groups (broad SMARTS) is 1. The number of amides is 1. The Bertz CT molecular complexity index is 676. The van der Waals surface area contributed by atoms with Crippen molar-refractivity contribution in [3.63, 3.8) is 0 Å². The van der Waals surface area contributed by atoms with Gasteiger partial charge in [0.1, 0.15) is 17.9 Å². The van der Waals surface area contributed by atoms with Crippen LogP contribution in [-0.2, 0) is 19.6 Å².